The Morgan fingerprint density at radius 3 is 2.75 bits per heavy atom. The highest BCUT2D eigenvalue weighted by Gasteiger charge is 2.46. The summed E-state index contributed by atoms with van der Waals surface area (Å²) in [6.07, 6.45) is 10.8. The number of benzene rings is 1. The molecule has 292 valence electrons. The second-order valence-electron chi connectivity index (χ2n) is 14.6. The largest absolute Gasteiger partial charge is 0.458 e. The van der Waals surface area contributed by atoms with E-state index in [9.17, 15) is 29.1 Å². The van der Waals surface area contributed by atoms with Crippen LogP contribution in [0.15, 0.2) is 29.1 Å². The number of aromatic nitrogens is 2. The van der Waals surface area contributed by atoms with Gasteiger partial charge in [0.15, 0.2) is 5.60 Å². The van der Waals surface area contributed by atoms with Crippen molar-refractivity contribution < 1.29 is 38.1 Å². The Labute approximate surface area is 322 Å². The highest BCUT2D eigenvalue weighted by Crippen LogP contribution is 2.46. The van der Waals surface area contributed by atoms with Crippen LogP contribution in [-0.2, 0) is 53.8 Å². The molecule has 7 rings (SSSR count). The van der Waals surface area contributed by atoms with Gasteiger partial charge in [0.25, 0.3) is 5.56 Å². The van der Waals surface area contributed by atoms with Gasteiger partial charge in [-0.15, -0.1) is 0 Å². The first kappa shape index (κ1) is 38.8. The smallest absolute Gasteiger partial charge is 0.343 e. The predicted molar refractivity (Wildman–Crippen MR) is 203 cm³/mol. The van der Waals surface area contributed by atoms with Crippen LogP contribution in [0, 0.1) is 12.7 Å². The van der Waals surface area contributed by atoms with Crippen LogP contribution in [0.3, 0.4) is 0 Å². The maximum Gasteiger partial charge on any atom is 0.343 e. The van der Waals surface area contributed by atoms with Gasteiger partial charge in [-0.05, 0) is 74.5 Å². The van der Waals surface area contributed by atoms with Crippen molar-refractivity contribution in [1.82, 2.24) is 25.1 Å². The van der Waals surface area contributed by atoms with Crippen molar-refractivity contribution in [2.24, 2.45) is 0 Å². The third-order valence-electron chi connectivity index (χ3n) is 11.3. The number of nitrogens with zero attached hydrogens (tertiary/aromatic N) is 3. The monoisotopic (exact) mass is 775 g/mol. The zero-order valence-corrected chi connectivity index (χ0v) is 32.1. The Balaban J connectivity index is 0.961. The van der Waals surface area contributed by atoms with Gasteiger partial charge in [-0.1, -0.05) is 25.5 Å². The molecule has 5 heterocycles. The van der Waals surface area contributed by atoms with Crippen molar-refractivity contribution in [3.63, 3.8) is 0 Å². The molecule has 0 bridgehead atoms. The fourth-order valence-electron chi connectivity index (χ4n) is 8.28. The minimum Gasteiger partial charge on any atom is -0.458 e. The van der Waals surface area contributed by atoms with Gasteiger partial charge in [-0.3, -0.25) is 29.4 Å². The Morgan fingerprint density at radius 2 is 1.98 bits per heavy atom. The number of nitrogens with one attached hydrogen (secondary N) is 2. The summed E-state index contributed by atoms with van der Waals surface area (Å²) < 4.78 is 27.6. The Morgan fingerprint density at radius 1 is 1.16 bits per heavy atom. The van der Waals surface area contributed by atoms with E-state index < -0.39 is 29.0 Å². The van der Waals surface area contributed by atoms with Gasteiger partial charge in [0.05, 0.1) is 47.0 Å². The second kappa shape index (κ2) is 16.0. The number of hydrogen-bond donors (Lipinski definition) is 3. The fraction of sp³-hybridized carbons (Fsp3) is 0.500. The zero-order chi connectivity index (χ0) is 39.0. The molecule has 3 aromatic rings. The molecule has 3 atom stereocenters. The lowest BCUT2D eigenvalue weighted by molar-refractivity contribution is -0.172. The lowest BCUT2D eigenvalue weighted by Gasteiger charge is -2.31. The summed E-state index contributed by atoms with van der Waals surface area (Å²) in [6.45, 7) is 4.30. The van der Waals surface area contributed by atoms with Crippen LogP contribution in [0.4, 0.5) is 4.39 Å². The number of cyclic esters (lactones) is 1. The van der Waals surface area contributed by atoms with E-state index in [1.165, 1.54) is 22.7 Å². The van der Waals surface area contributed by atoms with Gasteiger partial charge in [-0.25, -0.2) is 14.2 Å². The number of aliphatic hydroxyl groups is 1. The van der Waals surface area contributed by atoms with Gasteiger partial charge in [0, 0.05) is 42.1 Å². The first-order valence-corrected chi connectivity index (χ1v) is 20.2. The van der Waals surface area contributed by atoms with Crippen molar-refractivity contribution in [1.29, 1.82) is 0 Å². The normalized spacial score (nSPS) is 21.3. The first-order valence-electron chi connectivity index (χ1n) is 18.9. The topological polar surface area (TPSA) is 169 Å². The summed E-state index contributed by atoms with van der Waals surface area (Å²) in [5.74, 6) is -1.67. The number of amides is 3. The summed E-state index contributed by atoms with van der Waals surface area (Å²) in [7, 11) is 0. The van der Waals surface area contributed by atoms with Crippen molar-refractivity contribution >= 4 is 46.4 Å². The maximum absolute atomic E-state index is 15.2. The van der Waals surface area contributed by atoms with E-state index in [0.717, 1.165) is 47.8 Å². The van der Waals surface area contributed by atoms with Crippen LogP contribution in [0.25, 0.3) is 22.3 Å². The Kier molecular flexibility index (Phi) is 11.3. The zero-order valence-electron chi connectivity index (χ0n) is 31.3. The molecule has 3 aliphatic heterocycles. The van der Waals surface area contributed by atoms with Gasteiger partial charge in [0.1, 0.15) is 19.0 Å². The van der Waals surface area contributed by atoms with Crippen LogP contribution in [0.1, 0.15) is 91.3 Å². The van der Waals surface area contributed by atoms with Crippen LogP contribution in [0.2, 0.25) is 0 Å². The van der Waals surface area contributed by atoms with E-state index in [1.54, 1.807) is 24.5 Å². The van der Waals surface area contributed by atoms with Gasteiger partial charge in [-0.2, -0.15) is 11.8 Å². The molecule has 3 amide bonds. The number of likely N-dealkylation sites (tertiary alicyclic amines) is 1. The number of allylic oxidation sites excluding steroid dienone is 1. The molecule has 0 saturated carbocycles. The number of fused-ring (bicyclic) bond motifs is 5. The number of rotatable bonds is 15. The fourth-order valence-corrected chi connectivity index (χ4v) is 8.91. The SMILES string of the molecule is CC[C@@]1(O)C(=O)OCc2c1cc1n(c2=O)Cc2c-1nc1cc(F)c(C)c3c1c2[C@@H](NC(=O)COCNCC=CCCCCCN1C(=O)CC(SC)C1=O)CC3. The number of aryl methyl sites for hydroxylation is 1. The summed E-state index contributed by atoms with van der Waals surface area (Å²) in [6, 6.07) is 2.55. The van der Waals surface area contributed by atoms with E-state index in [0.29, 0.717) is 54.8 Å². The van der Waals surface area contributed by atoms with E-state index in [2.05, 4.69) is 16.7 Å². The highest BCUT2D eigenvalue weighted by molar-refractivity contribution is 8.00. The lowest BCUT2D eigenvalue weighted by Crippen LogP contribution is -2.44. The molecule has 1 fully saturated rings. The average molecular weight is 776 g/mol. The molecular formula is C40H46FN5O8S. The number of carbonyl (C=O) groups excluding carboxylic acids is 4. The number of carbonyl (C=O) groups is 4. The summed E-state index contributed by atoms with van der Waals surface area (Å²) >= 11 is 1.43. The molecule has 0 radical (unpaired) electrons. The molecule has 1 aliphatic carbocycles. The predicted octanol–water partition coefficient (Wildman–Crippen LogP) is 3.80. The van der Waals surface area contributed by atoms with Crippen LogP contribution < -0.4 is 16.2 Å². The minimum absolute atomic E-state index is 0.0105. The van der Waals surface area contributed by atoms with Gasteiger partial charge < -0.3 is 24.5 Å². The highest BCUT2D eigenvalue weighted by atomic mass is 32.2. The third kappa shape index (κ3) is 7.11. The van der Waals surface area contributed by atoms with Crippen LogP contribution >= 0.6 is 11.8 Å². The standard InChI is InChI=1S/C40H46FN5O8S/c1-4-40(52)26-15-30-36-24(18-46(30)37(49)25(26)19-54-39(40)51)35-28(12-11-23-22(2)27(41)16-29(44-36)34(23)35)43-32(47)20-53-21-42-13-9-7-5-6-8-10-14-45-33(48)17-31(55-3)38(45)50/h7,9,15-16,28,31,42,52H,4-6,8,10-14,17-21H2,1-3H3,(H,43,47)/t28-,31?,40-/m0/s1. The third-order valence-corrected chi connectivity index (χ3v) is 12.3. The molecule has 1 saturated heterocycles. The average Bonchev–Trinajstić information content (AvgIpc) is 3.68. The molecule has 1 aromatic carbocycles. The minimum atomic E-state index is -1.98. The summed E-state index contributed by atoms with van der Waals surface area (Å²) in [5, 5.41) is 18.1. The van der Waals surface area contributed by atoms with E-state index in [1.807, 2.05) is 12.3 Å². The number of ether oxygens (including phenoxy) is 2. The van der Waals surface area contributed by atoms with Gasteiger partial charge in [0.2, 0.25) is 17.7 Å². The number of pyridine rings is 2. The van der Waals surface area contributed by atoms with E-state index in [4.69, 9.17) is 14.5 Å². The molecule has 2 aromatic heterocycles. The molecular weight excluding hydrogens is 730 g/mol. The lowest BCUT2D eigenvalue weighted by atomic mass is 9.81. The van der Waals surface area contributed by atoms with Crippen molar-refractivity contribution in [3.05, 3.63) is 73.8 Å². The quantitative estimate of drug-likeness (QED) is 0.0528. The van der Waals surface area contributed by atoms with Crippen LogP contribution in [-0.4, -0.2) is 81.2 Å². The molecule has 3 N–H and O–H groups in total. The van der Waals surface area contributed by atoms with Crippen molar-refractivity contribution in [2.75, 3.05) is 32.7 Å². The van der Waals surface area contributed by atoms with Gasteiger partial charge >= 0.3 is 5.97 Å². The maximum atomic E-state index is 15.2. The number of halogens is 1. The number of imide groups is 1. The van der Waals surface area contributed by atoms with Crippen molar-refractivity contribution in [3.8, 4) is 11.4 Å². The molecule has 13 nitrogen and oxygen atoms in total. The molecule has 0 spiro atoms. The molecule has 1 unspecified atom stereocenters. The van der Waals surface area contributed by atoms with E-state index >= 15 is 4.39 Å². The Bertz CT molecular complexity index is 2170. The molecule has 55 heavy (non-hydrogen) atoms. The number of esters is 1. The summed E-state index contributed by atoms with van der Waals surface area (Å²) in [4.78, 5) is 70.2. The second-order valence-corrected chi connectivity index (χ2v) is 15.6. The van der Waals surface area contributed by atoms with Crippen LogP contribution in [0.5, 0.6) is 0 Å². The molecule has 4 aliphatic rings. The number of thioether (sulfide) groups is 1. The van der Waals surface area contributed by atoms with Crippen molar-refractivity contribution in [2.45, 2.75) is 95.3 Å². The first-order chi connectivity index (χ1) is 26.5. The van der Waals surface area contributed by atoms with E-state index in [-0.39, 0.29) is 67.0 Å². The number of unbranched alkanes of at least 4 members (excludes halogenated alkanes) is 3. The number of hydrogen-bond acceptors (Lipinski definition) is 11. The molecule has 15 heteroatoms. The summed E-state index contributed by atoms with van der Waals surface area (Å²) in [5.41, 5.74) is 2.14. The Hall–Kier alpha value is -4.44.